The van der Waals surface area contributed by atoms with Gasteiger partial charge in [-0.05, 0) is 38.8 Å². The molecule has 1 atom stereocenters. The van der Waals surface area contributed by atoms with Crippen molar-refractivity contribution in [2.24, 2.45) is 0 Å². The normalized spacial score (nSPS) is 19.0. The number of carbonyl (C=O) groups is 1. The summed E-state index contributed by atoms with van der Waals surface area (Å²) in [6.45, 7) is 5.52. The zero-order chi connectivity index (χ0) is 17.3. The van der Waals surface area contributed by atoms with Crippen LogP contribution in [-0.2, 0) is 21.5 Å². The van der Waals surface area contributed by atoms with Crippen molar-refractivity contribution in [1.82, 2.24) is 9.29 Å². The highest BCUT2D eigenvalue weighted by atomic mass is 32.2. The summed E-state index contributed by atoms with van der Waals surface area (Å²) in [6.07, 6.45) is -3.51. The number of hydrogen-bond acceptors (Lipinski definition) is 5. The lowest BCUT2D eigenvalue weighted by molar-refractivity contribution is -0.141. The maximum Gasteiger partial charge on any atom is 0.433 e. The Morgan fingerprint density at radius 1 is 1.43 bits per heavy atom. The predicted octanol–water partition coefficient (Wildman–Crippen LogP) is 3.84. The molecule has 1 aliphatic heterocycles. The fourth-order valence-electron chi connectivity index (χ4n) is 1.91. The quantitative estimate of drug-likeness (QED) is 0.599. The van der Waals surface area contributed by atoms with Crippen LogP contribution >= 0.6 is 12.2 Å². The number of nitrogens with zero attached hydrogens (tertiary/aromatic N) is 2. The van der Waals surface area contributed by atoms with Crippen LogP contribution in [0.4, 0.5) is 18.0 Å². The molecule has 0 saturated carbocycles. The first-order chi connectivity index (χ1) is 10.6. The summed E-state index contributed by atoms with van der Waals surface area (Å²) < 4.78 is 49.3. The second-order valence-electron chi connectivity index (χ2n) is 6.07. The van der Waals surface area contributed by atoms with E-state index in [-0.39, 0.29) is 12.6 Å². The van der Waals surface area contributed by atoms with Crippen LogP contribution in [0.25, 0.3) is 0 Å². The topological polar surface area (TPSA) is 51.7 Å². The van der Waals surface area contributed by atoms with Gasteiger partial charge >= 0.3 is 12.3 Å². The number of pyridine rings is 1. The van der Waals surface area contributed by atoms with Crippen molar-refractivity contribution in [3.05, 3.63) is 29.6 Å². The van der Waals surface area contributed by atoms with Crippen molar-refractivity contribution in [1.29, 1.82) is 0 Å². The molecule has 2 heterocycles. The van der Waals surface area contributed by atoms with Crippen LogP contribution < -0.4 is 0 Å². The average Bonchev–Trinajstić information content (AvgIpc) is 2.84. The number of aromatic nitrogens is 1. The molecule has 2 rings (SSSR count). The molecule has 1 aromatic heterocycles. The molecule has 1 aliphatic rings. The average molecular weight is 350 g/mol. The Bertz CT molecular complexity index is 558. The molecule has 9 heteroatoms. The van der Waals surface area contributed by atoms with E-state index >= 15 is 0 Å². The van der Waals surface area contributed by atoms with Gasteiger partial charge in [-0.1, -0.05) is 6.07 Å². The van der Waals surface area contributed by atoms with E-state index in [0.717, 1.165) is 18.3 Å². The number of rotatable bonds is 2. The lowest BCUT2D eigenvalue weighted by Crippen LogP contribution is -2.38. The van der Waals surface area contributed by atoms with Crippen LogP contribution in [0.3, 0.4) is 0 Å². The van der Waals surface area contributed by atoms with Gasteiger partial charge in [0.2, 0.25) is 0 Å². The highest BCUT2D eigenvalue weighted by Gasteiger charge is 2.35. The molecule has 0 bridgehead atoms. The predicted molar refractivity (Wildman–Crippen MR) is 78.3 cm³/mol. The van der Waals surface area contributed by atoms with Gasteiger partial charge in [0.15, 0.2) is 0 Å². The fraction of sp³-hybridized carbons (Fsp3) is 0.571. The molecule has 128 valence electrons. The number of ether oxygens (including phenoxy) is 1. The summed E-state index contributed by atoms with van der Waals surface area (Å²) in [5.41, 5.74) is -0.995. The van der Waals surface area contributed by atoms with Gasteiger partial charge in [0, 0.05) is 6.20 Å². The third-order valence-electron chi connectivity index (χ3n) is 2.89. The van der Waals surface area contributed by atoms with Gasteiger partial charge in [0.1, 0.15) is 23.5 Å². The van der Waals surface area contributed by atoms with Gasteiger partial charge in [-0.2, -0.15) is 13.2 Å². The van der Waals surface area contributed by atoms with Crippen molar-refractivity contribution in [3.63, 3.8) is 0 Å². The maximum absolute atomic E-state index is 12.5. The molecule has 0 N–H and O–H groups in total. The molecule has 1 saturated heterocycles. The Morgan fingerprint density at radius 2 is 2.13 bits per heavy atom. The molecule has 23 heavy (non-hydrogen) atoms. The third kappa shape index (κ3) is 5.00. The first-order valence-corrected chi connectivity index (χ1v) is 7.60. The Kier molecular flexibility index (Phi) is 5.10. The molecule has 1 fully saturated rings. The minimum Gasteiger partial charge on any atom is -0.443 e. The first-order valence-electron chi connectivity index (χ1n) is 6.90. The van der Waals surface area contributed by atoms with E-state index in [2.05, 4.69) is 4.98 Å². The fourth-order valence-corrected chi connectivity index (χ4v) is 2.59. The number of halogens is 3. The largest absolute Gasteiger partial charge is 0.443 e. The lowest BCUT2D eigenvalue weighted by Gasteiger charge is -2.25. The molecule has 0 aliphatic carbocycles. The first kappa shape index (κ1) is 17.9. The maximum atomic E-state index is 12.5. The van der Waals surface area contributed by atoms with Crippen LogP contribution in [-0.4, -0.2) is 33.6 Å². The lowest BCUT2D eigenvalue weighted by atomic mass is 10.1. The highest BCUT2D eigenvalue weighted by Crippen LogP contribution is 2.30. The zero-order valence-corrected chi connectivity index (χ0v) is 13.7. The molecular formula is C14H17F3N2O3S. The number of alkyl halides is 3. The minimum absolute atomic E-state index is 0.269. The molecule has 5 nitrogen and oxygen atoms in total. The van der Waals surface area contributed by atoms with Crippen LogP contribution in [0.1, 0.15) is 32.0 Å². The van der Waals surface area contributed by atoms with Gasteiger partial charge in [-0.25, -0.2) is 9.10 Å². The number of amides is 1. The molecule has 0 radical (unpaired) electrons. The zero-order valence-electron chi connectivity index (χ0n) is 12.9. The van der Waals surface area contributed by atoms with Crippen molar-refractivity contribution < 1.29 is 26.9 Å². The molecule has 1 amide bonds. The smallest absolute Gasteiger partial charge is 0.433 e. The monoisotopic (exact) mass is 350 g/mol. The van der Waals surface area contributed by atoms with Gasteiger partial charge < -0.3 is 4.74 Å². The van der Waals surface area contributed by atoms with Crippen molar-refractivity contribution >= 4 is 18.3 Å². The minimum atomic E-state index is -4.46. The summed E-state index contributed by atoms with van der Waals surface area (Å²) >= 11 is 0.884. The van der Waals surface area contributed by atoms with Gasteiger partial charge in [-0.3, -0.25) is 9.17 Å². The number of hydrogen-bond donors (Lipinski definition) is 0. The van der Waals surface area contributed by atoms with Crippen LogP contribution in [0.15, 0.2) is 18.3 Å². The van der Waals surface area contributed by atoms with Crippen molar-refractivity contribution in [2.45, 2.75) is 45.0 Å². The second-order valence-corrected chi connectivity index (χ2v) is 6.85. The second kappa shape index (κ2) is 6.56. The van der Waals surface area contributed by atoms with Crippen LogP contribution in [0.5, 0.6) is 0 Å². The van der Waals surface area contributed by atoms with Gasteiger partial charge in [-0.15, -0.1) is 0 Å². The molecule has 1 aromatic rings. The molecule has 0 aromatic carbocycles. The summed E-state index contributed by atoms with van der Waals surface area (Å²) in [5, 5.41) is 0. The SMILES string of the molecule is CC(C)(C)OC(=O)N1SOC[C@@H]1Cc1ccc(C(F)(F)F)nc1. The van der Waals surface area contributed by atoms with Crippen molar-refractivity contribution in [3.8, 4) is 0 Å². The van der Waals surface area contributed by atoms with Crippen LogP contribution in [0.2, 0.25) is 0 Å². The Morgan fingerprint density at radius 3 is 2.65 bits per heavy atom. The summed E-state index contributed by atoms with van der Waals surface area (Å²) in [7, 11) is 0. The Labute approximate surface area is 136 Å². The Balaban J connectivity index is 2.02. The van der Waals surface area contributed by atoms with E-state index in [4.69, 9.17) is 8.92 Å². The van der Waals surface area contributed by atoms with Crippen molar-refractivity contribution in [2.75, 3.05) is 6.61 Å². The van der Waals surface area contributed by atoms with E-state index < -0.39 is 23.6 Å². The molecule has 0 spiro atoms. The van der Waals surface area contributed by atoms with E-state index in [0.29, 0.717) is 12.0 Å². The van der Waals surface area contributed by atoms with Crippen LogP contribution in [0, 0.1) is 0 Å². The van der Waals surface area contributed by atoms with Gasteiger partial charge in [0.05, 0.1) is 12.6 Å². The van der Waals surface area contributed by atoms with E-state index in [1.807, 2.05) is 0 Å². The van der Waals surface area contributed by atoms with E-state index in [1.165, 1.54) is 16.6 Å². The summed E-state index contributed by atoms with van der Waals surface area (Å²) in [6, 6.07) is 1.95. The highest BCUT2D eigenvalue weighted by molar-refractivity contribution is 7.93. The number of carbonyl (C=O) groups excluding carboxylic acids is 1. The summed E-state index contributed by atoms with van der Waals surface area (Å²) in [4.78, 5) is 15.5. The third-order valence-corrected chi connectivity index (χ3v) is 3.73. The van der Waals surface area contributed by atoms with E-state index in [1.54, 1.807) is 20.8 Å². The standard InChI is InChI=1S/C14H17F3N2O3S/c1-13(2,3)22-12(20)19-10(8-21-23-19)6-9-4-5-11(18-7-9)14(15,16)17/h4-5,7,10H,6,8H2,1-3H3/t10-/m0/s1. The Hall–Kier alpha value is -1.48. The molecular weight excluding hydrogens is 333 g/mol. The van der Waals surface area contributed by atoms with Gasteiger partial charge in [0.25, 0.3) is 0 Å². The molecule has 0 unspecified atom stereocenters. The van der Waals surface area contributed by atoms with E-state index in [9.17, 15) is 18.0 Å². The summed E-state index contributed by atoms with van der Waals surface area (Å²) in [5.74, 6) is 0.